The van der Waals surface area contributed by atoms with Crippen molar-refractivity contribution in [2.24, 2.45) is 10.7 Å². The molecule has 5 N–H and O–H groups in total. The van der Waals surface area contributed by atoms with Gasteiger partial charge in [0.2, 0.25) is 5.91 Å². The SMILES string of the molecule is C1CCC2=NCCCN2CC1.NCCCN1CCCCCC1=O.[OH3+]. The topological polar surface area (TPSA) is 94.9 Å². The van der Waals surface area contributed by atoms with Crippen LogP contribution in [0.3, 0.4) is 0 Å². The molecule has 0 aliphatic carbocycles. The highest BCUT2D eigenvalue weighted by Gasteiger charge is 2.16. The summed E-state index contributed by atoms with van der Waals surface area (Å²) in [6, 6.07) is 0. The van der Waals surface area contributed by atoms with Crippen molar-refractivity contribution in [3.63, 3.8) is 0 Å². The van der Waals surface area contributed by atoms with Crippen LogP contribution < -0.4 is 5.73 Å². The molecule has 3 aliphatic rings. The Kier molecular flexibility index (Phi) is 10.7. The predicted molar refractivity (Wildman–Crippen MR) is 101 cm³/mol. The van der Waals surface area contributed by atoms with Gasteiger partial charge in [-0.25, -0.2) is 0 Å². The first-order valence-electron chi connectivity index (χ1n) is 9.57. The lowest BCUT2D eigenvalue weighted by atomic mass is 10.2. The minimum Gasteiger partial charge on any atom is -0.457 e. The van der Waals surface area contributed by atoms with E-state index in [0.717, 1.165) is 45.3 Å². The van der Waals surface area contributed by atoms with Crippen LogP contribution in [0.5, 0.6) is 0 Å². The molecule has 24 heavy (non-hydrogen) atoms. The summed E-state index contributed by atoms with van der Waals surface area (Å²) < 4.78 is 0. The van der Waals surface area contributed by atoms with Crippen LogP contribution in [-0.4, -0.2) is 60.8 Å². The van der Waals surface area contributed by atoms with Gasteiger partial charge in [-0.3, -0.25) is 9.79 Å². The molecule has 6 nitrogen and oxygen atoms in total. The van der Waals surface area contributed by atoms with Gasteiger partial charge in [0.1, 0.15) is 0 Å². The Balaban J connectivity index is 0.000000231. The number of carbonyl (C=O) groups excluding carboxylic acids is 1. The lowest BCUT2D eigenvalue weighted by Gasteiger charge is -2.27. The molecule has 0 aromatic rings. The van der Waals surface area contributed by atoms with Crippen LogP contribution in [0, 0.1) is 0 Å². The van der Waals surface area contributed by atoms with Gasteiger partial charge in [0.25, 0.3) is 0 Å². The van der Waals surface area contributed by atoms with Crippen LogP contribution in [0.25, 0.3) is 0 Å². The summed E-state index contributed by atoms with van der Waals surface area (Å²) in [4.78, 5) is 20.4. The molecular formula is C18H37N4O2+. The number of rotatable bonds is 3. The minimum absolute atomic E-state index is 0. The molecule has 0 aromatic carbocycles. The second kappa shape index (κ2) is 12.3. The Morgan fingerprint density at radius 2 is 1.62 bits per heavy atom. The Bertz CT molecular complexity index is 387. The number of nitrogens with zero attached hydrogens (tertiary/aromatic N) is 3. The van der Waals surface area contributed by atoms with E-state index in [9.17, 15) is 4.79 Å². The molecule has 0 atom stereocenters. The van der Waals surface area contributed by atoms with Gasteiger partial charge in [0, 0.05) is 45.6 Å². The number of hydrogen-bond donors (Lipinski definition) is 1. The van der Waals surface area contributed by atoms with Crippen molar-refractivity contribution in [1.82, 2.24) is 9.80 Å². The van der Waals surface area contributed by atoms with E-state index in [0.29, 0.717) is 12.5 Å². The molecule has 2 saturated heterocycles. The number of carbonyl (C=O) groups is 1. The first-order valence-corrected chi connectivity index (χ1v) is 9.57. The number of amides is 1. The molecule has 0 unspecified atom stereocenters. The molecule has 1 amide bonds. The zero-order chi connectivity index (χ0) is 16.3. The number of likely N-dealkylation sites (tertiary alicyclic amines) is 1. The fraction of sp³-hybridized carbons (Fsp3) is 0.889. The van der Waals surface area contributed by atoms with Gasteiger partial charge in [-0.05, 0) is 45.1 Å². The third kappa shape index (κ3) is 7.18. The van der Waals surface area contributed by atoms with Crippen LogP contribution in [0.4, 0.5) is 0 Å². The fourth-order valence-electron chi connectivity index (χ4n) is 3.50. The molecule has 3 rings (SSSR count). The predicted octanol–water partition coefficient (Wildman–Crippen LogP) is 1.48. The van der Waals surface area contributed by atoms with Crippen molar-refractivity contribution >= 4 is 11.7 Å². The van der Waals surface area contributed by atoms with Crippen molar-refractivity contribution in [1.29, 1.82) is 0 Å². The van der Waals surface area contributed by atoms with Crippen molar-refractivity contribution in [2.75, 3.05) is 39.3 Å². The van der Waals surface area contributed by atoms with E-state index >= 15 is 0 Å². The summed E-state index contributed by atoms with van der Waals surface area (Å²) in [5.41, 5.74) is 5.39. The minimum atomic E-state index is 0. The zero-order valence-electron chi connectivity index (χ0n) is 15.2. The van der Waals surface area contributed by atoms with Gasteiger partial charge in [-0.15, -0.1) is 0 Å². The molecule has 3 aliphatic heterocycles. The van der Waals surface area contributed by atoms with E-state index in [4.69, 9.17) is 5.73 Å². The average Bonchev–Trinajstić information content (AvgIpc) is 2.94. The highest BCUT2D eigenvalue weighted by atomic mass is 16.2. The van der Waals surface area contributed by atoms with Crippen molar-refractivity contribution in [3.8, 4) is 0 Å². The molecule has 0 saturated carbocycles. The van der Waals surface area contributed by atoms with E-state index in [-0.39, 0.29) is 5.48 Å². The maximum absolute atomic E-state index is 11.4. The first kappa shape index (κ1) is 20.9. The second-order valence-electron chi connectivity index (χ2n) is 6.78. The highest BCUT2D eigenvalue weighted by Crippen LogP contribution is 2.15. The van der Waals surface area contributed by atoms with E-state index in [2.05, 4.69) is 9.89 Å². The zero-order valence-corrected chi connectivity index (χ0v) is 15.2. The molecule has 6 heteroatoms. The van der Waals surface area contributed by atoms with Crippen LogP contribution in [0.15, 0.2) is 4.99 Å². The standard InChI is InChI=1S/C9H18N2O.C9H16N2.H2O/c10-6-4-8-11-7-3-1-2-5-9(11)12;1-2-5-9-10-6-4-8-11(9)7-3-1;/h1-8,10H2;1-8H2;1H2/p+1. The summed E-state index contributed by atoms with van der Waals surface area (Å²) in [5, 5.41) is 0. The Morgan fingerprint density at radius 1 is 0.917 bits per heavy atom. The molecular weight excluding hydrogens is 304 g/mol. The van der Waals surface area contributed by atoms with E-state index < -0.39 is 0 Å². The Morgan fingerprint density at radius 3 is 2.42 bits per heavy atom. The van der Waals surface area contributed by atoms with Gasteiger partial charge in [-0.1, -0.05) is 12.8 Å². The second-order valence-corrected chi connectivity index (χ2v) is 6.78. The Labute approximate surface area is 146 Å². The number of hydrogen-bond acceptors (Lipinski definition) is 4. The normalized spacial score (nSPS) is 21.4. The first-order chi connectivity index (χ1) is 11.3. The maximum atomic E-state index is 11.4. The van der Waals surface area contributed by atoms with Crippen molar-refractivity contribution < 1.29 is 10.3 Å². The average molecular weight is 342 g/mol. The summed E-state index contributed by atoms with van der Waals surface area (Å²) in [7, 11) is 0. The van der Waals surface area contributed by atoms with Crippen molar-refractivity contribution in [3.05, 3.63) is 0 Å². The molecule has 3 heterocycles. The van der Waals surface area contributed by atoms with Gasteiger partial charge in [-0.2, -0.15) is 0 Å². The lowest BCUT2D eigenvalue weighted by Crippen LogP contribution is -2.34. The molecule has 0 aromatic heterocycles. The number of amidine groups is 1. The van der Waals surface area contributed by atoms with Crippen LogP contribution in [0.1, 0.15) is 64.2 Å². The monoisotopic (exact) mass is 341 g/mol. The van der Waals surface area contributed by atoms with Crippen LogP contribution in [0.2, 0.25) is 0 Å². The van der Waals surface area contributed by atoms with E-state index in [1.54, 1.807) is 0 Å². The molecule has 0 bridgehead atoms. The summed E-state index contributed by atoms with van der Waals surface area (Å²) in [6.45, 7) is 6.08. The Hall–Kier alpha value is -1.14. The number of fused-ring (bicyclic) bond motifs is 1. The number of nitrogens with two attached hydrogens (primary N) is 1. The number of aliphatic imine (C=N–C) groups is 1. The molecule has 140 valence electrons. The fourth-order valence-corrected chi connectivity index (χ4v) is 3.50. The molecule has 0 radical (unpaired) electrons. The maximum Gasteiger partial charge on any atom is 0.222 e. The van der Waals surface area contributed by atoms with Crippen molar-refractivity contribution in [2.45, 2.75) is 64.2 Å². The summed E-state index contributed by atoms with van der Waals surface area (Å²) >= 11 is 0. The smallest absolute Gasteiger partial charge is 0.222 e. The van der Waals surface area contributed by atoms with Crippen LogP contribution >= 0.6 is 0 Å². The largest absolute Gasteiger partial charge is 0.457 e. The van der Waals surface area contributed by atoms with E-state index in [1.807, 2.05) is 4.90 Å². The molecule has 2 fully saturated rings. The lowest BCUT2D eigenvalue weighted by molar-refractivity contribution is -0.130. The quantitative estimate of drug-likeness (QED) is 0.788. The summed E-state index contributed by atoms with van der Waals surface area (Å²) in [6.07, 6.45) is 11.7. The van der Waals surface area contributed by atoms with Gasteiger partial charge >= 0.3 is 0 Å². The summed E-state index contributed by atoms with van der Waals surface area (Å²) in [5.74, 6) is 1.72. The van der Waals surface area contributed by atoms with Gasteiger partial charge in [0.15, 0.2) is 0 Å². The van der Waals surface area contributed by atoms with Crippen LogP contribution in [-0.2, 0) is 10.3 Å². The van der Waals surface area contributed by atoms with Gasteiger partial charge < -0.3 is 21.0 Å². The van der Waals surface area contributed by atoms with E-state index in [1.165, 1.54) is 57.5 Å². The third-order valence-electron chi connectivity index (χ3n) is 4.88. The molecule has 0 spiro atoms. The third-order valence-corrected chi connectivity index (χ3v) is 4.88. The highest BCUT2D eigenvalue weighted by molar-refractivity contribution is 5.83. The van der Waals surface area contributed by atoms with Gasteiger partial charge in [0.05, 0.1) is 5.84 Å².